The Kier molecular flexibility index (Phi) is 11.0. The largest absolute Gasteiger partial charge is 0.493 e. The van der Waals surface area contributed by atoms with Crippen LogP contribution in [-0.4, -0.2) is 68.9 Å². The van der Waals surface area contributed by atoms with Crippen molar-refractivity contribution in [1.82, 2.24) is 4.98 Å². The number of fused-ring (bicyclic) bond motifs is 8. The van der Waals surface area contributed by atoms with Crippen LogP contribution in [0.2, 0.25) is 0 Å². The third-order valence-electron chi connectivity index (χ3n) is 11.7. The molecule has 4 aliphatic heterocycles. The topological polar surface area (TPSA) is 124 Å². The number of pyridine rings is 1. The van der Waals surface area contributed by atoms with Crippen molar-refractivity contribution >= 4 is 34.6 Å². The normalized spacial score (nSPS) is 17.3. The second-order valence-corrected chi connectivity index (χ2v) is 16.3. The van der Waals surface area contributed by atoms with Crippen molar-refractivity contribution < 1.29 is 33.3 Å². The summed E-state index contributed by atoms with van der Waals surface area (Å²) in [5.74, 6) is 2.68. The zero-order valence-corrected chi connectivity index (χ0v) is 34.6. The molecular formula is C48H51N5O7. The number of ether oxygens (including phenoxy) is 5. The van der Waals surface area contributed by atoms with E-state index in [1.54, 1.807) is 13.2 Å². The molecule has 4 aliphatic rings. The van der Waals surface area contributed by atoms with E-state index in [1.807, 2.05) is 83.5 Å². The third kappa shape index (κ3) is 7.79. The molecule has 12 nitrogen and oxygen atoms in total. The Balaban J connectivity index is 0.930. The SMILES string of the molecule is COc1cc2c(cc1OCc1cc(OCCOCCC(C)C)cc(COc3cc4c(cc3C)C(=O)N3c5ccccc5C[C@H]3CN4)n1)NC[C@@H]1Cc3ccccc3N1C2=O. The van der Waals surface area contributed by atoms with E-state index in [9.17, 15) is 9.59 Å². The second kappa shape index (κ2) is 16.8. The number of methoxy groups -OCH3 is 1. The number of aryl methyl sites for hydroxylation is 1. The molecule has 0 saturated carbocycles. The minimum absolute atomic E-state index is 0.00932. The Morgan fingerprint density at radius 3 is 1.85 bits per heavy atom. The Hall–Kier alpha value is -6.27. The first-order chi connectivity index (χ1) is 29.2. The van der Waals surface area contributed by atoms with Crippen LogP contribution >= 0.6 is 0 Å². The molecule has 1 aromatic heterocycles. The van der Waals surface area contributed by atoms with Crippen molar-refractivity contribution in [2.75, 3.05) is 60.5 Å². The third-order valence-corrected chi connectivity index (χ3v) is 11.7. The van der Waals surface area contributed by atoms with Crippen LogP contribution in [-0.2, 0) is 30.8 Å². The number of anilines is 4. The summed E-state index contributed by atoms with van der Waals surface area (Å²) in [5, 5.41) is 7.03. The molecule has 4 aromatic carbocycles. The van der Waals surface area contributed by atoms with Crippen LogP contribution in [0, 0.1) is 12.8 Å². The summed E-state index contributed by atoms with van der Waals surface area (Å²) >= 11 is 0. The fraction of sp³-hybridized carbons (Fsp3) is 0.354. The molecule has 2 N–H and O–H groups in total. The van der Waals surface area contributed by atoms with E-state index in [0.29, 0.717) is 90.0 Å². The number of nitrogens with one attached hydrogen (secondary N) is 2. The standard InChI is InChI=1S/C48H51N5O7/c1-29(2)13-14-57-15-16-58-37-20-33(27-59-44-23-40-38(17-30(44)3)47(54)52-35(25-49-40)18-31-9-5-7-11-42(31)52)51-34(21-37)28-60-46-24-41-39(22-45(46)56-4)48(55)53-36(26-50-41)19-32-10-6-8-12-43(32)53/h5-12,17,20-24,29,35-36,49-50H,13-16,18-19,25-28H2,1-4H3/t35-,36-/m0/s1. The minimum Gasteiger partial charge on any atom is -0.493 e. The summed E-state index contributed by atoms with van der Waals surface area (Å²) in [6, 6.07) is 27.4. The first kappa shape index (κ1) is 39.2. The van der Waals surface area contributed by atoms with Crippen LogP contribution in [0.4, 0.5) is 22.7 Å². The lowest BCUT2D eigenvalue weighted by molar-refractivity contribution is 0.0924. The molecule has 0 radical (unpaired) electrons. The molecule has 2 amide bonds. The van der Waals surface area contributed by atoms with Crippen molar-refractivity contribution in [3.8, 4) is 23.0 Å². The summed E-state index contributed by atoms with van der Waals surface area (Å²) in [6.07, 6.45) is 2.59. The number of amides is 2. The summed E-state index contributed by atoms with van der Waals surface area (Å²) < 4.78 is 30.6. The first-order valence-electron chi connectivity index (χ1n) is 20.9. The number of rotatable bonds is 14. The zero-order valence-electron chi connectivity index (χ0n) is 34.6. The number of carbonyl (C=O) groups is 2. The van der Waals surface area contributed by atoms with Crippen LogP contribution < -0.4 is 39.4 Å². The molecular weight excluding hydrogens is 759 g/mol. The van der Waals surface area contributed by atoms with Gasteiger partial charge in [0.1, 0.15) is 31.3 Å². The molecule has 5 aromatic rings. The Bertz CT molecular complexity index is 2440. The molecule has 0 spiro atoms. The predicted molar refractivity (Wildman–Crippen MR) is 231 cm³/mol. The van der Waals surface area contributed by atoms with Gasteiger partial charge in [0.25, 0.3) is 11.8 Å². The quantitative estimate of drug-likeness (QED) is 0.107. The average Bonchev–Trinajstić information content (AvgIpc) is 3.74. The minimum atomic E-state index is -0.0719. The zero-order chi connectivity index (χ0) is 41.3. The molecule has 0 aliphatic carbocycles. The van der Waals surface area contributed by atoms with Gasteiger partial charge >= 0.3 is 0 Å². The molecule has 12 heteroatoms. The van der Waals surface area contributed by atoms with Gasteiger partial charge in [0.05, 0.1) is 59.7 Å². The van der Waals surface area contributed by atoms with Crippen molar-refractivity contribution in [3.05, 3.63) is 124 Å². The van der Waals surface area contributed by atoms with Crippen LogP contribution in [0.1, 0.15) is 69.1 Å². The molecule has 310 valence electrons. The van der Waals surface area contributed by atoms with E-state index < -0.39 is 0 Å². The lowest BCUT2D eigenvalue weighted by atomic mass is 10.1. The Labute approximate surface area is 350 Å². The van der Waals surface area contributed by atoms with E-state index in [4.69, 9.17) is 28.7 Å². The number of aromatic nitrogens is 1. The van der Waals surface area contributed by atoms with Gasteiger partial charge in [0.2, 0.25) is 0 Å². The second-order valence-electron chi connectivity index (χ2n) is 16.3. The number of carbonyl (C=O) groups excluding carboxylic acids is 2. The highest BCUT2D eigenvalue weighted by atomic mass is 16.5. The van der Waals surface area contributed by atoms with Crippen molar-refractivity contribution in [2.24, 2.45) is 5.92 Å². The first-order valence-corrected chi connectivity index (χ1v) is 20.9. The lowest BCUT2D eigenvalue weighted by Gasteiger charge is -2.22. The van der Waals surface area contributed by atoms with E-state index in [1.165, 1.54) is 11.1 Å². The van der Waals surface area contributed by atoms with E-state index in [0.717, 1.165) is 41.9 Å². The van der Waals surface area contributed by atoms with E-state index >= 15 is 0 Å². The molecule has 60 heavy (non-hydrogen) atoms. The smallest absolute Gasteiger partial charge is 0.260 e. The van der Waals surface area contributed by atoms with Crippen molar-refractivity contribution in [3.63, 3.8) is 0 Å². The van der Waals surface area contributed by atoms with Gasteiger partial charge in [-0.2, -0.15) is 0 Å². The maximum atomic E-state index is 14.0. The molecule has 2 atom stereocenters. The van der Waals surface area contributed by atoms with E-state index in [-0.39, 0.29) is 37.1 Å². The highest BCUT2D eigenvalue weighted by Crippen LogP contribution is 2.41. The van der Waals surface area contributed by atoms with Gasteiger partial charge in [0.15, 0.2) is 11.5 Å². The fourth-order valence-electron chi connectivity index (χ4n) is 8.63. The monoisotopic (exact) mass is 809 g/mol. The van der Waals surface area contributed by atoms with Crippen molar-refractivity contribution in [1.29, 1.82) is 0 Å². The van der Waals surface area contributed by atoms with Crippen LogP contribution in [0.25, 0.3) is 0 Å². The number of hydrogen-bond donors (Lipinski definition) is 2. The summed E-state index contributed by atoms with van der Waals surface area (Å²) in [6.45, 7) is 9.30. The lowest BCUT2D eigenvalue weighted by Crippen LogP contribution is -2.39. The maximum absolute atomic E-state index is 14.0. The highest BCUT2D eigenvalue weighted by Gasteiger charge is 2.39. The van der Waals surface area contributed by atoms with E-state index in [2.05, 4.69) is 36.6 Å². The van der Waals surface area contributed by atoms with Crippen LogP contribution in [0.15, 0.2) is 84.9 Å². The van der Waals surface area contributed by atoms with Crippen molar-refractivity contribution in [2.45, 2.75) is 65.3 Å². The molecule has 5 heterocycles. The summed E-state index contributed by atoms with van der Waals surface area (Å²) in [5.41, 5.74) is 9.00. The maximum Gasteiger partial charge on any atom is 0.260 e. The molecule has 0 bridgehead atoms. The van der Waals surface area contributed by atoms with Gasteiger partial charge in [-0.15, -0.1) is 0 Å². The predicted octanol–water partition coefficient (Wildman–Crippen LogP) is 7.99. The van der Waals surface area contributed by atoms with Gasteiger partial charge < -0.3 is 44.1 Å². The number of para-hydroxylation sites is 2. The Morgan fingerprint density at radius 2 is 1.25 bits per heavy atom. The van der Waals surface area contributed by atoms with Crippen LogP contribution in [0.5, 0.6) is 23.0 Å². The molecule has 9 rings (SSSR count). The average molecular weight is 810 g/mol. The van der Waals surface area contributed by atoms with Gasteiger partial charge in [-0.25, -0.2) is 0 Å². The Morgan fingerprint density at radius 1 is 0.683 bits per heavy atom. The summed E-state index contributed by atoms with van der Waals surface area (Å²) in [7, 11) is 1.57. The molecule has 0 fully saturated rings. The van der Waals surface area contributed by atoms with Gasteiger partial charge in [-0.05, 0) is 73.1 Å². The summed E-state index contributed by atoms with van der Waals surface area (Å²) in [4.78, 5) is 36.7. The van der Waals surface area contributed by atoms with Gasteiger partial charge in [0, 0.05) is 55.3 Å². The number of benzene rings is 4. The van der Waals surface area contributed by atoms with Crippen LogP contribution in [0.3, 0.4) is 0 Å². The number of nitrogens with zero attached hydrogens (tertiary/aromatic N) is 3. The molecule has 0 saturated heterocycles. The molecule has 0 unspecified atom stereocenters. The fourth-order valence-corrected chi connectivity index (χ4v) is 8.63. The van der Waals surface area contributed by atoms with Gasteiger partial charge in [-0.3, -0.25) is 14.6 Å². The van der Waals surface area contributed by atoms with Gasteiger partial charge in [-0.1, -0.05) is 50.2 Å². The highest BCUT2D eigenvalue weighted by molar-refractivity contribution is 6.13. The number of hydrogen-bond acceptors (Lipinski definition) is 10.